The third kappa shape index (κ3) is 2.59. The lowest BCUT2D eigenvalue weighted by atomic mass is 10.1. The van der Waals surface area contributed by atoms with Crippen LogP contribution < -0.4 is 0 Å². The number of aromatic nitrogens is 3. The summed E-state index contributed by atoms with van der Waals surface area (Å²) in [5.74, 6) is 0.592. The fraction of sp³-hybridized carbons (Fsp3) is 0.273. The van der Waals surface area contributed by atoms with Gasteiger partial charge in [-0.2, -0.15) is 0 Å². The lowest BCUT2D eigenvalue weighted by Gasteiger charge is -2.04. The minimum atomic E-state index is -0.0827. The molecule has 5 heteroatoms. The molecular formula is C11H12ClN3O. The van der Waals surface area contributed by atoms with Crippen molar-refractivity contribution in [3.05, 3.63) is 47.0 Å². The van der Waals surface area contributed by atoms with Crippen LogP contribution in [0.1, 0.15) is 11.4 Å². The summed E-state index contributed by atoms with van der Waals surface area (Å²) >= 11 is 5.80. The van der Waals surface area contributed by atoms with Gasteiger partial charge < -0.3 is 9.67 Å². The molecule has 0 aliphatic carbocycles. The van der Waals surface area contributed by atoms with Crippen LogP contribution >= 0.6 is 11.6 Å². The third-order valence-corrected chi connectivity index (χ3v) is 2.64. The highest BCUT2D eigenvalue weighted by Gasteiger charge is 2.02. The fourth-order valence-electron chi connectivity index (χ4n) is 1.49. The van der Waals surface area contributed by atoms with E-state index in [1.165, 1.54) is 5.56 Å². The van der Waals surface area contributed by atoms with Gasteiger partial charge in [0.15, 0.2) is 5.82 Å². The first kappa shape index (κ1) is 11.1. The molecule has 4 nitrogen and oxygen atoms in total. The zero-order valence-corrected chi connectivity index (χ0v) is 9.43. The molecule has 0 unspecified atom stereocenters. The van der Waals surface area contributed by atoms with E-state index < -0.39 is 0 Å². The molecule has 0 saturated heterocycles. The second kappa shape index (κ2) is 5.09. The van der Waals surface area contributed by atoms with Gasteiger partial charge in [0, 0.05) is 11.6 Å². The van der Waals surface area contributed by atoms with Gasteiger partial charge in [0.05, 0.1) is 0 Å². The Morgan fingerprint density at radius 1 is 1.25 bits per heavy atom. The number of rotatable bonds is 4. The molecule has 2 aromatic rings. The second-order valence-electron chi connectivity index (χ2n) is 3.48. The van der Waals surface area contributed by atoms with Gasteiger partial charge in [-0.3, -0.25) is 0 Å². The Kier molecular flexibility index (Phi) is 3.54. The molecule has 0 bridgehead atoms. The number of aliphatic hydroxyl groups is 1. The monoisotopic (exact) mass is 237 g/mol. The fourth-order valence-corrected chi connectivity index (χ4v) is 1.61. The summed E-state index contributed by atoms with van der Waals surface area (Å²) in [6.45, 7) is 0.672. The molecule has 84 valence electrons. The summed E-state index contributed by atoms with van der Waals surface area (Å²) in [5.41, 5.74) is 1.20. The van der Waals surface area contributed by atoms with Crippen LogP contribution in [0.5, 0.6) is 0 Å². The van der Waals surface area contributed by atoms with E-state index >= 15 is 0 Å². The highest BCUT2D eigenvalue weighted by Crippen LogP contribution is 2.10. The molecule has 0 atom stereocenters. The van der Waals surface area contributed by atoms with Gasteiger partial charge in [-0.25, -0.2) is 0 Å². The molecule has 0 aliphatic heterocycles. The first-order chi connectivity index (χ1) is 7.79. The molecule has 0 amide bonds. The number of nitrogens with zero attached hydrogens (tertiary/aromatic N) is 3. The largest absolute Gasteiger partial charge is 0.388 e. The lowest BCUT2D eigenvalue weighted by Crippen LogP contribution is -2.05. The average Bonchev–Trinajstić information content (AvgIpc) is 2.76. The van der Waals surface area contributed by atoms with Crippen molar-refractivity contribution in [1.29, 1.82) is 0 Å². The highest BCUT2D eigenvalue weighted by molar-refractivity contribution is 6.30. The molecule has 0 saturated carbocycles. The molecule has 1 N–H and O–H groups in total. The van der Waals surface area contributed by atoms with Crippen molar-refractivity contribution in [3.63, 3.8) is 0 Å². The van der Waals surface area contributed by atoms with Gasteiger partial charge in [0.2, 0.25) is 0 Å². The first-order valence-electron chi connectivity index (χ1n) is 5.01. The van der Waals surface area contributed by atoms with Crippen molar-refractivity contribution in [2.24, 2.45) is 0 Å². The van der Waals surface area contributed by atoms with E-state index in [0.29, 0.717) is 5.82 Å². The van der Waals surface area contributed by atoms with Crippen LogP contribution in [0.15, 0.2) is 30.6 Å². The quantitative estimate of drug-likeness (QED) is 0.880. The number of halogens is 1. The highest BCUT2D eigenvalue weighted by atomic mass is 35.5. The maximum Gasteiger partial charge on any atom is 0.158 e. The Labute approximate surface area is 98.5 Å². The Bertz CT molecular complexity index is 453. The van der Waals surface area contributed by atoms with E-state index in [1.54, 1.807) is 6.33 Å². The van der Waals surface area contributed by atoms with Crippen LogP contribution in [0.25, 0.3) is 0 Å². The predicted molar refractivity (Wildman–Crippen MR) is 61.1 cm³/mol. The zero-order valence-electron chi connectivity index (χ0n) is 8.67. The summed E-state index contributed by atoms with van der Waals surface area (Å²) in [6.07, 6.45) is 2.49. The third-order valence-electron chi connectivity index (χ3n) is 2.39. The van der Waals surface area contributed by atoms with Crippen LogP contribution in [-0.4, -0.2) is 19.9 Å². The van der Waals surface area contributed by atoms with Gasteiger partial charge in [-0.1, -0.05) is 23.7 Å². The number of aliphatic hydroxyl groups excluding tert-OH is 1. The average molecular weight is 238 g/mol. The van der Waals surface area contributed by atoms with Crippen LogP contribution in [0.4, 0.5) is 0 Å². The summed E-state index contributed by atoms with van der Waals surface area (Å²) < 4.78 is 1.84. The van der Waals surface area contributed by atoms with Gasteiger partial charge in [0.25, 0.3) is 0 Å². The SMILES string of the molecule is OCc1nncn1CCc1ccc(Cl)cc1. The Morgan fingerprint density at radius 2 is 2.00 bits per heavy atom. The maximum absolute atomic E-state index is 9.00. The van der Waals surface area contributed by atoms with Crippen molar-refractivity contribution in [2.75, 3.05) is 0 Å². The van der Waals surface area contributed by atoms with Crippen LogP contribution in [-0.2, 0) is 19.6 Å². The van der Waals surface area contributed by atoms with E-state index in [4.69, 9.17) is 16.7 Å². The molecule has 16 heavy (non-hydrogen) atoms. The van der Waals surface area contributed by atoms with Gasteiger partial charge in [-0.05, 0) is 24.1 Å². The normalized spacial score (nSPS) is 10.6. The standard InChI is InChI=1S/C11H12ClN3O/c12-10-3-1-9(2-4-10)5-6-15-8-13-14-11(15)7-16/h1-4,8,16H,5-7H2. The summed E-state index contributed by atoms with van der Waals surface area (Å²) in [7, 11) is 0. The van der Waals surface area contributed by atoms with E-state index in [9.17, 15) is 0 Å². The van der Waals surface area contributed by atoms with Crippen LogP contribution in [0.3, 0.4) is 0 Å². The van der Waals surface area contributed by atoms with Crippen molar-refractivity contribution in [3.8, 4) is 0 Å². The summed E-state index contributed by atoms with van der Waals surface area (Å²) in [5, 5.41) is 17.3. The molecule has 2 rings (SSSR count). The number of hydrogen-bond acceptors (Lipinski definition) is 3. The molecule has 1 aromatic carbocycles. The minimum Gasteiger partial charge on any atom is -0.388 e. The minimum absolute atomic E-state index is 0.0827. The van der Waals surface area contributed by atoms with Crippen LogP contribution in [0.2, 0.25) is 5.02 Å². The lowest BCUT2D eigenvalue weighted by molar-refractivity contribution is 0.264. The van der Waals surface area contributed by atoms with Gasteiger partial charge in [0.1, 0.15) is 12.9 Å². The van der Waals surface area contributed by atoms with Crippen molar-refractivity contribution < 1.29 is 5.11 Å². The number of aryl methyl sites for hydroxylation is 2. The van der Waals surface area contributed by atoms with Crippen molar-refractivity contribution >= 4 is 11.6 Å². The molecule has 0 radical (unpaired) electrons. The number of hydrogen-bond donors (Lipinski definition) is 1. The Morgan fingerprint density at radius 3 is 2.69 bits per heavy atom. The van der Waals surface area contributed by atoms with Gasteiger partial charge >= 0.3 is 0 Å². The van der Waals surface area contributed by atoms with Crippen molar-refractivity contribution in [1.82, 2.24) is 14.8 Å². The molecule has 0 fully saturated rings. The van der Waals surface area contributed by atoms with Gasteiger partial charge in [-0.15, -0.1) is 10.2 Å². The molecule has 1 heterocycles. The van der Waals surface area contributed by atoms with E-state index in [2.05, 4.69) is 10.2 Å². The molecule has 0 aliphatic rings. The number of benzene rings is 1. The molecule has 0 spiro atoms. The molecular weight excluding hydrogens is 226 g/mol. The molecule has 1 aromatic heterocycles. The van der Waals surface area contributed by atoms with E-state index in [0.717, 1.165) is 18.0 Å². The Hall–Kier alpha value is -1.39. The summed E-state index contributed by atoms with van der Waals surface area (Å²) in [4.78, 5) is 0. The predicted octanol–water partition coefficient (Wildman–Crippen LogP) is 1.67. The first-order valence-corrected chi connectivity index (χ1v) is 5.39. The topological polar surface area (TPSA) is 50.9 Å². The smallest absolute Gasteiger partial charge is 0.158 e. The van der Waals surface area contributed by atoms with Crippen molar-refractivity contribution in [2.45, 2.75) is 19.6 Å². The van der Waals surface area contributed by atoms with E-state index in [-0.39, 0.29) is 6.61 Å². The zero-order chi connectivity index (χ0) is 11.4. The Balaban J connectivity index is 1.99. The second-order valence-corrected chi connectivity index (χ2v) is 3.91. The maximum atomic E-state index is 9.00. The van der Waals surface area contributed by atoms with E-state index in [1.807, 2.05) is 28.8 Å². The summed E-state index contributed by atoms with van der Waals surface area (Å²) in [6, 6.07) is 7.72. The van der Waals surface area contributed by atoms with Crippen LogP contribution in [0, 0.1) is 0 Å².